The van der Waals surface area contributed by atoms with E-state index < -0.39 is 11.3 Å². The zero-order valence-electron chi connectivity index (χ0n) is 6.54. The highest BCUT2D eigenvalue weighted by atomic mass is 32.2. The Kier molecular flexibility index (Phi) is 5.87. The van der Waals surface area contributed by atoms with Crippen molar-refractivity contribution >= 4 is 11.3 Å². The molecule has 4 heteroatoms. The maximum atomic E-state index is 10.5. The number of unbranched alkanes of at least 4 members (excludes halogenated alkanes) is 1. The minimum absolute atomic E-state index is 0.642. The Balaban J connectivity index is 3.50. The molecule has 0 bridgehead atoms. The van der Waals surface area contributed by atoms with Gasteiger partial charge in [-0.15, -0.1) is 0 Å². The lowest BCUT2D eigenvalue weighted by atomic mass is 10.3. The highest BCUT2D eigenvalue weighted by Crippen LogP contribution is 1.95. The average molecular weight is 165 g/mol. The predicted octanol–water partition coefficient (Wildman–Crippen LogP) is 1.25. The summed E-state index contributed by atoms with van der Waals surface area (Å²) in [6.45, 7) is 5.30. The Bertz CT molecular complexity index is 108. The molecule has 0 aromatic carbocycles. The van der Waals surface area contributed by atoms with Crippen molar-refractivity contribution in [3.8, 4) is 0 Å². The van der Waals surface area contributed by atoms with Crippen LogP contribution in [0.4, 0.5) is 0 Å². The summed E-state index contributed by atoms with van der Waals surface area (Å²) in [5.74, 6) is 0. The molecule has 3 nitrogen and oxygen atoms in total. The summed E-state index contributed by atoms with van der Waals surface area (Å²) < 4.78 is 20.6. The molecule has 0 amide bonds. The van der Waals surface area contributed by atoms with Gasteiger partial charge in [-0.25, -0.2) is 8.51 Å². The molecule has 1 N–H and O–H groups in total. The molecule has 1 atom stereocenters. The lowest BCUT2D eigenvalue weighted by molar-refractivity contribution is 0.404. The van der Waals surface area contributed by atoms with Gasteiger partial charge in [-0.05, 0) is 6.42 Å². The monoisotopic (exact) mass is 165 g/mol. The first-order chi connectivity index (χ1) is 4.72. The summed E-state index contributed by atoms with van der Waals surface area (Å²) in [7, 11) is 0. The molecule has 0 fully saturated rings. The van der Waals surface area contributed by atoms with Crippen LogP contribution >= 0.6 is 0 Å². The van der Waals surface area contributed by atoms with E-state index in [4.69, 9.17) is 4.55 Å². The van der Waals surface area contributed by atoms with Crippen molar-refractivity contribution in [2.75, 3.05) is 13.1 Å². The van der Waals surface area contributed by atoms with Crippen LogP contribution in [0.5, 0.6) is 0 Å². The largest absolute Gasteiger partial charge is 0.294 e. The summed E-state index contributed by atoms with van der Waals surface area (Å²) in [4.78, 5) is 0. The van der Waals surface area contributed by atoms with Crippen LogP contribution in [0.25, 0.3) is 0 Å². The Labute approximate surface area is 64.8 Å². The second kappa shape index (κ2) is 5.82. The fourth-order valence-electron chi connectivity index (χ4n) is 0.681. The van der Waals surface area contributed by atoms with E-state index in [9.17, 15) is 4.21 Å². The van der Waals surface area contributed by atoms with Crippen molar-refractivity contribution < 1.29 is 8.76 Å². The maximum absolute atomic E-state index is 10.5. The van der Waals surface area contributed by atoms with Crippen LogP contribution in [0.2, 0.25) is 0 Å². The van der Waals surface area contributed by atoms with E-state index >= 15 is 0 Å². The van der Waals surface area contributed by atoms with Gasteiger partial charge in [0.05, 0.1) is 0 Å². The third-order valence-corrected chi connectivity index (χ3v) is 2.22. The van der Waals surface area contributed by atoms with Gasteiger partial charge in [-0.3, -0.25) is 4.55 Å². The number of nitrogens with zero attached hydrogens (tertiary/aromatic N) is 1. The van der Waals surface area contributed by atoms with Gasteiger partial charge in [0.1, 0.15) is 0 Å². The summed E-state index contributed by atoms with van der Waals surface area (Å²) in [5.41, 5.74) is 0. The first kappa shape index (κ1) is 10.1. The quantitative estimate of drug-likeness (QED) is 0.623. The van der Waals surface area contributed by atoms with Crippen LogP contribution in [-0.4, -0.2) is 26.2 Å². The van der Waals surface area contributed by atoms with Gasteiger partial charge >= 0.3 is 0 Å². The fraction of sp³-hybridized carbons (Fsp3) is 1.00. The summed E-state index contributed by atoms with van der Waals surface area (Å²) in [6, 6.07) is 0. The van der Waals surface area contributed by atoms with Crippen LogP contribution in [0.15, 0.2) is 0 Å². The van der Waals surface area contributed by atoms with Gasteiger partial charge < -0.3 is 0 Å². The zero-order chi connectivity index (χ0) is 7.98. The number of hydrogen-bond donors (Lipinski definition) is 1. The van der Waals surface area contributed by atoms with E-state index in [-0.39, 0.29) is 0 Å². The van der Waals surface area contributed by atoms with E-state index in [1.165, 1.54) is 4.31 Å². The SMILES string of the molecule is CCCCN(CC)S(=O)O. The predicted molar refractivity (Wildman–Crippen MR) is 42.9 cm³/mol. The van der Waals surface area contributed by atoms with Gasteiger partial charge in [0.25, 0.3) is 0 Å². The van der Waals surface area contributed by atoms with Gasteiger partial charge in [0, 0.05) is 13.1 Å². The van der Waals surface area contributed by atoms with Crippen LogP contribution in [0.1, 0.15) is 26.7 Å². The molecule has 1 unspecified atom stereocenters. The third-order valence-electron chi connectivity index (χ3n) is 1.33. The van der Waals surface area contributed by atoms with Crippen LogP contribution in [-0.2, 0) is 11.3 Å². The smallest absolute Gasteiger partial charge is 0.234 e. The molecule has 0 aliphatic carbocycles. The van der Waals surface area contributed by atoms with Gasteiger partial charge in [-0.1, -0.05) is 20.3 Å². The van der Waals surface area contributed by atoms with Crippen molar-refractivity contribution in [1.29, 1.82) is 0 Å². The van der Waals surface area contributed by atoms with Gasteiger partial charge in [0.15, 0.2) is 0 Å². The van der Waals surface area contributed by atoms with Crippen LogP contribution < -0.4 is 0 Å². The molecule has 0 saturated heterocycles. The van der Waals surface area contributed by atoms with Gasteiger partial charge in [-0.2, -0.15) is 0 Å². The van der Waals surface area contributed by atoms with E-state index in [0.717, 1.165) is 19.4 Å². The van der Waals surface area contributed by atoms with Gasteiger partial charge in [0.2, 0.25) is 11.3 Å². The van der Waals surface area contributed by atoms with Crippen molar-refractivity contribution in [2.45, 2.75) is 26.7 Å². The van der Waals surface area contributed by atoms with E-state index in [1.807, 2.05) is 6.92 Å². The Morgan fingerprint density at radius 2 is 2.10 bits per heavy atom. The molecule has 0 saturated carbocycles. The second-order valence-corrected chi connectivity index (χ2v) is 3.08. The van der Waals surface area contributed by atoms with E-state index in [0.29, 0.717) is 6.54 Å². The van der Waals surface area contributed by atoms with Crippen molar-refractivity contribution in [3.05, 3.63) is 0 Å². The molecule has 10 heavy (non-hydrogen) atoms. The van der Waals surface area contributed by atoms with Crippen molar-refractivity contribution in [3.63, 3.8) is 0 Å². The fourth-order valence-corrected chi connectivity index (χ4v) is 1.19. The normalized spacial score (nSPS) is 14.0. The molecule has 0 radical (unpaired) electrons. The summed E-state index contributed by atoms with van der Waals surface area (Å²) in [5, 5.41) is 0. The molecular weight excluding hydrogens is 150 g/mol. The highest BCUT2D eigenvalue weighted by Gasteiger charge is 2.05. The minimum Gasteiger partial charge on any atom is -0.294 e. The molecule has 62 valence electrons. The maximum Gasteiger partial charge on any atom is 0.234 e. The zero-order valence-corrected chi connectivity index (χ0v) is 7.36. The molecule has 0 aromatic rings. The van der Waals surface area contributed by atoms with Crippen molar-refractivity contribution in [1.82, 2.24) is 4.31 Å². The Hall–Kier alpha value is 0.0700. The van der Waals surface area contributed by atoms with Crippen LogP contribution in [0, 0.1) is 0 Å². The molecule has 0 rings (SSSR count). The Morgan fingerprint density at radius 3 is 2.40 bits per heavy atom. The standard InChI is InChI=1S/C6H15NO2S/c1-3-5-6-7(4-2)10(8)9/h3-6H2,1-2H3,(H,8,9). The molecule has 0 spiro atoms. The lowest BCUT2D eigenvalue weighted by Crippen LogP contribution is -2.26. The average Bonchev–Trinajstić information content (AvgIpc) is 1.89. The first-order valence-corrected chi connectivity index (χ1v) is 4.64. The third kappa shape index (κ3) is 3.98. The molecular formula is C6H15NO2S. The Morgan fingerprint density at radius 1 is 1.50 bits per heavy atom. The topological polar surface area (TPSA) is 40.5 Å². The minimum atomic E-state index is -1.77. The molecule has 0 aliphatic rings. The lowest BCUT2D eigenvalue weighted by Gasteiger charge is -2.13. The summed E-state index contributed by atoms with van der Waals surface area (Å²) >= 11 is -1.77. The first-order valence-electron chi connectivity index (χ1n) is 3.58. The van der Waals surface area contributed by atoms with Crippen LogP contribution in [0.3, 0.4) is 0 Å². The highest BCUT2D eigenvalue weighted by molar-refractivity contribution is 7.76. The molecule has 0 aliphatic heterocycles. The number of hydrogen-bond acceptors (Lipinski definition) is 1. The summed E-state index contributed by atoms with van der Waals surface area (Å²) in [6.07, 6.45) is 2.05. The molecule has 0 heterocycles. The number of rotatable bonds is 5. The van der Waals surface area contributed by atoms with Crippen molar-refractivity contribution in [2.24, 2.45) is 0 Å². The molecule has 0 aromatic heterocycles. The van der Waals surface area contributed by atoms with E-state index in [1.54, 1.807) is 0 Å². The van der Waals surface area contributed by atoms with E-state index in [2.05, 4.69) is 6.92 Å². The second-order valence-electron chi connectivity index (χ2n) is 2.11.